The van der Waals surface area contributed by atoms with Crippen LogP contribution in [0, 0.1) is 17.6 Å². The minimum absolute atomic E-state index is 0.0424. The van der Waals surface area contributed by atoms with Gasteiger partial charge in [0.05, 0.1) is 10.4 Å². The smallest absolute Gasteiger partial charge is 0.242 e. The highest BCUT2D eigenvalue weighted by molar-refractivity contribution is 7.90. The maximum Gasteiger partial charge on any atom is 0.242 e. The number of benzene rings is 1. The van der Waals surface area contributed by atoms with E-state index < -0.39 is 26.4 Å². The second-order valence-electron chi connectivity index (χ2n) is 8.87. The number of anilines is 1. The second-order valence-corrected chi connectivity index (χ2v) is 11.3. The van der Waals surface area contributed by atoms with Crippen molar-refractivity contribution in [1.82, 2.24) is 9.71 Å². The molecule has 0 atom stereocenters. The molecule has 1 aromatic carbocycles. The zero-order valence-electron chi connectivity index (χ0n) is 18.0. The van der Waals surface area contributed by atoms with Crippen molar-refractivity contribution in [3.8, 4) is 11.6 Å². The van der Waals surface area contributed by atoms with Crippen molar-refractivity contribution in [3.63, 3.8) is 0 Å². The fourth-order valence-corrected chi connectivity index (χ4v) is 4.43. The van der Waals surface area contributed by atoms with Crippen molar-refractivity contribution in [2.45, 2.75) is 57.2 Å². The first-order valence-electron chi connectivity index (χ1n) is 10.4. The number of nitrogens with zero attached hydrogens (tertiary/aromatic N) is 1. The Labute approximate surface area is 182 Å². The number of ether oxygens (including phenoxy) is 1. The van der Waals surface area contributed by atoms with E-state index in [1.54, 1.807) is 32.9 Å². The van der Waals surface area contributed by atoms with Gasteiger partial charge in [0.1, 0.15) is 5.82 Å². The average Bonchev–Trinajstić information content (AvgIpc) is 2.69. The van der Waals surface area contributed by atoms with E-state index >= 15 is 0 Å². The van der Waals surface area contributed by atoms with Gasteiger partial charge >= 0.3 is 0 Å². The normalized spacial score (nSPS) is 19.8. The molecule has 1 saturated carbocycles. The third kappa shape index (κ3) is 6.13. The number of rotatable bonds is 7. The zero-order valence-corrected chi connectivity index (χ0v) is 18.8. The van der Waals surface area contributed by atoms with Crippen molar-refractivity contribution in [2.24, 2.45) is 5.92 Å². The average molecular weight is 454 g/mol. The summed E-state index contributed by atoms with van der Waals surface area (Å²) in [7, 11) is -3.36. The van der Waals surface area contributed by atoms with E-state index in [2.05, 4.69) is 15.0 Å². The molecule has 0 radical (unpaired) electrons. The summed E-state index contributed by atoms with van der Waals surface area (Å²) < 4.78 is 59.3. The first-order chi connectivity index (χ1) is 14.5. The summed E-state index contributed by atoms with van der Waals surface area (Å²) >= 11 is 0. The number of sulfonamides is 1. The molecule has 2 N–H and O–H groups in total. The molecule has 170 valence electrons. The summed E-state index contributed by atoms with van der Waals surface area (Å²) in [5.41, 5.74) is 0.613. The van der Waals surface area contributed by atoms with Crippen molar-refractivity contribution < 1.29 is 21.9 Å². The van der Waals surface area contributed by atoms with Crippen molar-refractivity contribution >= 4 is 15.7 Å². The first kappa shape index (κ1) is 23.4. The Balaban J connectivity index is 1.55. The van der Waals surface area contributed by atoms with Crippen LogP contribution in [0.1, 0.15) is 46.5 Å². The van der Waals surface area contributed by atoms with Gasteiger partial charge in [-0.25, -0.2) is 26.9 Å². The Hall–Kier alpha value is -2.26. The molecule has 1 fully saturated rings. The lowest BCUT2D eigenvalue weighted by atomic mass is 9.86. The van der Waals surface area contributed by atoms with Gasteiger partial charge in [-0.3, -0.25) is 0 Å². The molecule has 0 amide bonds. The number of halogens is 2. The van der Waals surface area contributed by atoms with Gasteiger partial charge < -0.3 is 10.1 Å². The molecule has 3 rings (SSSR count). The number of pyridine rings is 1. The Bertz CT molecular complexity index is 1000. The van der Waals surface area contributed by atoms with Gasteiger partial charge in [0, 0.05) is 24.8 Å². The summed E-state index contributed by atoms with van der Waals surface area (Å²) in [6.07, 6.45) is 4.85. The topological polar surface area (TPSA) is 80.3 Å². The van der Waals surface area contributed by atoms with Crippen LogP contribution in [0.5, 0.6) is 11.6 Å². The minimum atomic E-state index is -3.36. The van der Waals surface area contributed by atoms with E-state index in [-0.39, 0.29) is 17.7 Å². The van der Waals surface area contributed by atoms with E-state index in [1.807, 2.05) is 0 Å². The summed E-state index contributed by atoms with van der Waals surface area (Å²) in [5.74, 6) is -1.00. The van der Waals surface area contributed by atoms with Crippen LogP contribution in [0.4, 0.5) is 14.5 Å². The lowest BCUT2D eigenvalue weighted by molar-refractivity contribution is 0.322. The van der Waals surface area contributed by atoms with Gasteiger partial charge in [0.2, 0.25) is 15.9 Å². The van der Waals surface area contributed by atoms with Crippen LogP contribution in [0.15, 0.2) is 36.5 Å². The monoisotopic (exact) mass is 453 g/mol. The van der Waals surface area contributed by atoms with Crippen LogP contribution in [0.3, 0.4) is 0 Å². The largest absolute Gasteiger partial charge is 0.434 e. The minimum Gasteiger partial charge on any atom is -0.434 e. The van der Waals surface area contributed by atoms with E-state index in [1.165, 1.54) is 12.3 Å². The van der Waals surface area contributed by atoms with Gasteiger partial charge in [-0.2, -0.15) is 0 Å². The van der Waals surface area contributed by atoms with Gasteiger partial charge in [-0.1, -0.05) is 0 Å². The Morgan fingerprint density at radius 1 is 1.13 bits per heavy atom. The Morgan fingerprint density at radius 2 is 1.84 bits per heavy atom. The molecule has 1 aromatic heterocycles. The van der Waals surface area contributed by atoms with E-state index in [9.17, 15) is 17.2 Å². The second kappa shape index (κ2) is 9.48. The molecule has 0 saturated heterocycles. The Morgan fingerprint density at radius 3 is 2.48 bits per heavy atom. The van der Waals surface area contributed by atoms with Crippen LogP contribution in [0.2, 0.25) is 0 Å². The maximum absolute atomic E-state index is 13.9. The summed E-state index contributed by atoms with van der Waals surface area (Å²) in [4.78, 5) is 4.15. The van der Waals surface area contributed by atoms with E-state index in [0.29, 0.717) is 18.2 Å². The lowest BCUT2D eigenvalue weighted by Gasteiger charge is -2.31. The zero-order chi connectivity index (χ0) is 22.6. The van der Waals surface area contributed by atoms with E-state index in [4.69, 9.17) is 4.74 Å². The quantitative estimate of drug-likeness (QED) is 0.627. The molecule has 31 heavy (non-hydrogen) atoms. The van der Waals surface area contributed by atoms with Crippen LogP contribution >= 0.6 is 0 Å². The molecular formula is C22H29F2N3O3S. The molecule has 0 unspecified atom stereocenters. The van der Waals surface area contributed by atoms with Gasteiger partial charge in [0.25, 0.3) is 0 Å². The third-order valence-electron chi connectivity index (χ3n) is 5.43. The number of hydrogen-bond acceptors (Lipinski definition) is 5. The van der Waals surface area contributed by atoms with Gasteiger partial charge in [-0.15, -0.1) is 0 Å². The summed E-state index contributed by atoms with van der Waals surface area (Å²) in [6.45, 7) is 5.73. The van der Waals surface area contributed by atoms with Crippen LogP contribution in [0.25, 0.3) is 0 Å². The molecule has 6 nitrogen and oxygen atoms in total. The molecular weight excluding hydrogens is 424 g/mol. The number of hydrogen-bond donors (Lipinski definition) is 2. The highest BCUT2D eigenvalue weighted by Gasteiger charge is 2.32. The Kier molecular flexibility index (Phi) is 7.16. The number of aromatic nitrogens is 1. The highest BCUT2D eigenvalue weighted by atomic mass is 32.2. The predicted octanol–water partition coefficient (Wildman–Crippen LogP) is 4.84. The molecule has 0 aliphatic heterocycles. The standard InChI is InChI=1S/C22H29F2N3O3S/c1-22(2,3)31(28,29)27-17-9-6-15(7-10-17)14-26-19-5-4-12-25-21(19)30-20-11-8-16(23)13-18(20)24/h4-5,8,11-13,15,17,26-27H,6-7,9-10,14H2,1-3H3. The van der Waals surface area contributed by atoms with Crippen molar-refractivity contribution in [1.29, 1.82) is 0 Å². The van der Waals surface area contributed by atoms with Gasteiger partial charge in [-0.05, 0) is 76.6 Å². The highest BCUT2D eigenvalue weighted by Crippen LogP contribution is 2.31. The van der Waals surface area contributed by atoms with Crippen LogP contribution < -0.4 is 14.8 Å². The predicted molar refractivity (Wildman–Crippen MR) is 117 cm³/mol. The lowest BCUT2D eigenvalue weighted by Crippen LogP contribution is -2.46. The molecule has 0 bridgehead atoms. The van der Waals surface area contributed by atoms with E-state index in [0.717, 1.165) is 37.8 Å². The maximum atomic E-state index is 13.9. The molecule has 1 aliphatic rings. The first-order valence-corrected chi connectivity index (χ1v) is 11.9. The van der Waals surface area contributed by atoms with Gasteiger partial charge in [0.15, 0.2) is 11.6 Å². The fourth-order valence-electron chi connectivity index (χ4n) is 3.40. The van der Waals surface area contributed by atoms with Crippen LogP contribution in [-0.2, 0) is 10.0 Å². The molecule has 9 heteroatoms. The molecule has 1 aliphatic carbocycles. The number of nitrogens with one attached hydrogen (secondary N) is 2. The van der Waals surface area contributed by atoms with Crippen LogP contribution in [-0.4, -0.2) is 30.7 Å². The molecule has 2 aromatic rings. The summed E-state index contributed by atoms with van der Waals surface area (Å²) in [5, 5.41) is 3.30. The van der Waals surface area contributed by atoms with Crippen molar-refractivity contribution in [3.05, 3.63) is 48.2 Å². The SMILES string of the molecule is CC(C)(C)S(=O)(=O)NC1CCC(CNc2cccnc2Oc2ccc(F)cc2F)CC1. The summed E-state index contributed by atoms with van der Waals surface area (Å²) in [6, 6.07) is 6.60. The molecule has 0 spiro atoms. The van der Waals surface area contributed by atoms with Crippen molar-refractivity contribution in [2.75, 3.05) is 11.9 Å². The fraction of sp³-hybridized carbons (Fsp3) is 0.500. The third-order valence-corrected chi connectivity index (χ3v) is 7.68. The molecule has 1 heterocycles.